The van der Waals surface area contributed by atoms with Crippen LogP contribution in [0.15, 0.2) is 18.2 Å². The molecule has 66 valence electrons. The third-order valence-corrected chi connectivity index (χ3v) is 2.21. The fraction of sp³-hybridized carbons (Fsp3) is 0.400. The molecule has 12 heavy (non-hydrogen) atoms. The van der Waals surface area contributed by atoms with E-state index in [1.165, 1.54) is 0 Å². The van der Waals surface area contributed by atoms with Crippen LogP contribution in [0.4, 0.5) is 4.39 Å². The van der Waals surface area contributed by atoms with E-state index in [1.807, 2.05) is 32.0 Å². The molecule has 1 rings (SSSR count). The molecule has 0 unspecified atom stereocenters. The van der Waals surface area contributed by atoms with Gasteiger partial charge in [-0.1, -0.05) is 18.2 Å². The van der Waals surface area contributed by atoms with Crippen molar-refractivity contribution in [2.75, 3.05) is 6.67 Å². The minimum atomic E-state index is -0.496. The van der Waals surface area contributed by atoms with Crippen LogP contribution in [0.2, 0.25) is 0 Å². The summed E-state index contributed by atoms with van der Waals surface area (Å²) in [5.41, 5.74) is 8.77. The first-order valence-electron chi connectivity index (χ1n) is 4.04. The number of benzene rings is 1. The van der Waals surface area contributed by atoms with Gasteiger partial charge in [0.25, 0.3) is 0 Å². The molecule has 0 amide bonds. The summed E-state index contributed by atoms with van der Waals surface area (Å²) in [7, 11) is 0. The summed E-state index contributed by atoms with van der Waals surface area (Å²) < 4.78 is 12.3. The number of halogens is 1. The third kappa shape index (κ3) is 1.64. The van der Waals surface area contributed by atoms with Gasteiger partial charge in [-0.2, -0.15) is 0 Å². The summed E-state index contributed by atoms with van der Waals surface area (Å²) in [5, 5.41) is 0. The van der Waals surface area contributed by atoms with Crippen LogP contribution in [-0.2, 0) is 0 Å². The molecule has 0 fully saturated rings. The van der Waals surface area contributed by atoms with Gasteiger partial charge in [0.1, 0.15) is 6.67 Å². The lowest BCUT2D eigenvalue weighted by atomic mass is 9.99. The van der Waals surface area contributed by atoms with Crippen LogP contribution in [0, 0.1) is 13.8 Å². The van der Waals surface area contributed by atoms with Crippen molar-refractivity contribution < 1.29 is 4.39 Å². The smallest absolute Gasteiger partial charge is 0.109 e. The maximum Gasteiger partial charge on any atom is 0.109 e. The molecule has 1 atom stereocenters. The maximum absolute atomic E-state index is 12.3. The van der Waals surface area contributed by atoms with Crippen molar-refractivity contribution in [3.8, 4) is 0 Å². The lowest BCUT2D eigenvalue weighted by Crippen LogP contribution is -2.13. The lowest BCUT2D eigenvalue weighted by Gasteiger charge is -2.12. The van der Waals surface area contributed by atoms with Crippen LogP contribution < -0.4 is 5.73 Å². The molecule has 0 saturated heterocycles. The molecule has 1 aromatic carbocycles. The summed E-state index contributed by atoms with van der Waals surface area (Å²) >= 11 is 0. The summed E-state index contributed by atoms with van der Waals surface area (Å²) in [6, 6.07) is 5.33. The molecule has 1 aromatic rings. The van der Waals surface area contributed by atoms with Gasteiger partial charge < -0.3 is 5.73 Å². The molecule has 0 spiro atoms. The molecule has 0 aromatic heterocycles. The van der Waals surface area contributed by atoms with Crippen molar-refractivity contribution in [3.05, 3.63) is 34.9 Å². The van der Waals surface area contributed by atoms with Gasteiger partial charge in [-0.05, 0) is 30.5 Å². The van der Waals surface area contributed by atoms with Crippen molar-refractivity contribution in [2.24, 2.45) is 5.73 Å². The number of aryl methyl sites for hydroxylation is 1. The van der Waals surface area contributed by atoms with Gasteiger partial charge in [0.05, 0.1) is 6.04 Å². The zero-order valence-corrected chi connectivity index (χ0v) is 7.47. The van der Waals surface area contributed by atoms with Gasteiger partial charge in [0, 0.05) is 0 Å². The normalized spacial score (nSPS) is 13.0. The predicted octanol–water partition coefficient (Wildman–Crippen LogP) is 2.27. The maximum atomic E-state index is 12.3. The Labute approximate surface area is 72.4 Å². The molecule has 0 aliphatic rings. The molecule has 2 heteroatoms. The van der Waals surface area contributed by atoms with Crippen molar-refractivity contribution in [1.29, 1.82) is 0 Å². The Balaban J connectivity index is 3.07. The Bertz CT molecular complexity index is 271. The third-order valence-electron chi connectivity index (χ3n) is 2.21. The van der Waals surface area contributed by atoms with Crippen molar-refractivity contribution in [3.63, 3.8) is 0 Å². The van der Waals surface area contributed by atoms with Crippen LogP contribution >= 0.6 is 0 Å². The van der Waals surface area contributed by atoms with Crippen LogP contribution in [0.3, 0.4) is 0 Å². The molecular formula is C10H14FN. The minimum Gasteiger partial charge on any atom is -0.322 e. The van der Waals surface area contributed by atoms with E-state index in [0.717, 1.165) is 16.7 Å². The summed E-state index contributed by atoms with van der Waals surface area (Å²) in [4.78, 5) is 0. The van der Waals surface area contributed by atoms with E-state index < -0.39 is 12.7 Å². The minimum absolute atomic E-state index is 0.468. The average molecular weight is 167 g/mol. The molecule has 0 heterocycles. The first-order chi connectivity index (χ1) is 5.66. The Kier molecular flexibility index (Phi) is 2.82. The van der Waals surface area contributed by atoms with Gasteiger partial charge >= 0.3 is 0 Å². The second-order valence-corrected chi connectivity index (χ2v) is 3.05. The fourth-order valence-electron chi connectivity index (χ4n) is 1.26. The summed E-state index contributed by atoms with van der Waals surface area (Å²) in [6.07, 6.45) is 0. The van der Waals surface area contributed by atoms with Crippen LogP contribution in [0.25, 0.3) is 0 Å². The molecule has 0 aliphatic carbocycles. The van der Waals surface area contributed by atoms with E-state index >= 15 is 0 Å². The van der Waals surface area contributed by atoms with E-state index in [9.17, 15) is 4.39 Å². The second-order valence-electron chi connectivity index (χ2n) is 3.05. The second kappa shape index (κ2) is 3.68. The Morgan fingerprint density at radius 1 is 1.42 bits per heavy atom. The van der Waals surface area contributed by atoms with E-state index in [4.69, 9.17) is 5.73 Å². The van der Waals surface area contributed by atoms with Gasteiger partial charge in [-0.25, -0.2) is 4.39 Å². The van der Waals surface area contributed by atoms with Gasteiger partial charge in [-0.3, -0.25) is 0 Å². The zero-order valence-electron chi connectivity index (χ0n) is 7.47. The summed E-state index contributed by atoms with van der Waals surface area (Å²) in [6.45, 7) is 3.48. The van der Waals surface area contributed by atoms with Crippen molar-refractivity contribution in [1.82, 2.24) is 0 Å². The van der Waals surface area contributed by atoms with Gasteiger partial charge in [0.2, 0.25) is 0 Å². The number of alkyl halides is 1. The van der Waals surface area contributed by atoms with Crippen molar-refractivity contribution >= 4 is 0 Å². The molecule has 0 radical (unpaired) electrons. The number of hydrogen-bond donors (Lipinski definition) is 1. The Hall–Kier alpha value is -0.890. The SMILES string of the molecule is Cc1cccc([C@H](N)CF)c1C. The number of rotatable bonds is 2. The molecular weight excluding hydrogens is 153 g/mol. The van der Waals surface area contributed by atoms with Crippen LogP contribution in [0.5, 0.6) is 0 Å². The van der Waals surface area contributed by atoms with Gasteiger partial charge in [-0.15, -0.1) is 0 Å². The van der Waals surface area contributed by atoms with E-state index in [-0.39, 0.29) is 0 Å². The topological polar surface area (TPSA) is 26.0 Å². The quantitative estimate of drug-likeness (QED) is 0.718. The van der Waals surface area contributed by atoms with Crippen LogP contribution in [-0.4, -0.2) is 6.67 Å². The molecule has 0 aliphatic heterocycles. The monoisotopic (exact) mass is 167 g/mol. The first-order valence-corrected chi connectivity index (χ1v) is 4.04. The standard InChI is InChI=1S/C10H14FN/c1-7-4-3-5-9(8(7)2)10(12)6-11/h3-5,10H,6,12H2,1-2H3/t10-/m1/s1. The number of nitrogens with two attached hydrogens (primary N) is 1. The number of hydrogen-bond acceptors (Lipinski definition) is 1. The summed E-state index contributed by atoms with van der Waals surface area (Å²) in [5.74, 6) is 0. The van der Waals surface area contributed by atoms with E-state index in [0.29, 0.717) is 0 Å². The zero-order chi connectivity index (χ0) is 9.14. The van der Waals surface area contributed by atoms with E-state index in [1.54, 1.807) is 0 Å². The Morgan fingerprint density at radius 3 is 2.67 bits per heavy atom. The predicted molar refractivity (Wildman–Crippen MR) is 48.8 cm³/mol. The highest BCUT2D eigenvalue weighted by molar-refractivity contribution is 5.35. The molecule has 2 N–H and O–H groups in total. The van der Waals surface area contributed by atoms with Crippen molar-refractivity contribution in [2.45, 2.75) is 19.9 Å². The van der Waals surface area contributed by atoms with E-state index in [2.05, 4.69) is 0 Å². The Morgan fingerprint density at radius 2 is 2.08 bits per heavy atom. The highest BCUT2D eigenvalue weighted by atomic mass is 19.1. The molecule has 0 bridgehead atoms. The average Bonchev–Trinajstić information content (AvgIpc) is 2.08. The highest BCUT2D eigenvalue weighted by Gasteiger charge is 2.08. The highest BCUT2D eigenvalue weighted by Crippen LogP contribution is 2.18. The van der Waals surface area contributed by atoms with Crippen LogP contribution in [0.1, 0.15) is 22.7 Å². The fourth-order valence-corrected chi connectivity index (χ4v) is 1.26. The first kappa shape index (κ1) is 9.20. The molecule has 0 saturated carbocycles. The lowest BCUT2D eigenvalue weighted by molar-refractivity contribution is 0.436. The molecule has 1 nitrogen and oxygen atoms in total. The largest absolute Gasteiger partial charge is 0.322 e. The van der Waals surface area contributed by atoms with Gasteiger partial charge in [0.15, 0.2) is 0 Å².